The van der Waals surface area contributed by atoms with E-state index in [1.807, 2.05) is 0 Å². The number of aliphatic carboxylic acids is 1. The summed E-state index contributed by atoms with van der Waals surface area (Å²) in [5, 5.41) is 10.5. The molecule has 3 rings (SSSR count). The average molecular weight is 289 g/mol. The lowest BCUT2D eigenvalue weighted by molar-refractivity contribution is -0.142. The number of carbonyl (C=O) groups is 1. The van der Waals surface area contributed by atoms with E-state index < -0.39 is 5.97 Å². The zero-order valence-corrected chi connectivity index (χ0v) is 12.6. The SMILES string of the molecule is CCC1CC(C(=O)O)C(c2nc3cc(C)ccc3s2)C1. The van der Waals surface area contributed by atoms with Crippen molar-refractivity contribution in [2.75, 3.05) is 0 Å². The van der Waals surface area contributed by atoms with Gasteiger partial charge in [-0.15, -0.1) is 11.3 Å². The van der Waals surface area contributed by atoms with Crippen LogP contribution in [0.25, 0.3) is 10.2 Å². The second-order valence-corrected chi connectivity index (χ2v) is 6.88. The number of benzene rings is 1. The van der Waals surface area contributed by atoms with Crippen LogP contribution >= 0.6 is 11.3 Å². The van der Waals surface area contributed by atoms with E-state index >= 15 is 0 Å². The molecule has 3 unspecified atom stereocenters. The van der Waals surface area contributed by atoms with Crippen molar-refractivity contribution in [2.24, 2.45) is 11.8 Å². The highest BCUT2D eigenvalue weighted by Gasteiger charge is 2.40. The molecule has 1 saturated carbocycles. The van der Waals surface area contributed by atoms with Gasteiger partial charge in [0.25, 0.3) is 0 Å². The second-order valence-electron chi connectivity index (χ2n) is 5.82. The monoisotopic (exact) mass is 289 g/mol. The van der Waals surface area contributed by atoms with E-state index in [9.17, 15) is 9.90 Å². The summed E-state index contributed by atoms with van der Waals surface area (Å²) in [6.45, 7) is 4.20. The quantitative estimate of drug-likeness (QED) is 0.920. The number of aromatic nitrogens is 1. The van der Waals surface area contributed by atoms with Crippen molar-refractivity contribution in [3.63, 3.8) is 0 Å². The van der Waals surface area contributed by atoms with Crippen LogP contribution < -0.4 is 0 Å². The minimum Gasteiger partial charge on any atom is -0.481 e. The molecule has 3 nitrogen and oxygen atoms in total. The van der Waals surface area contributed by atoms with Gasteiger partial charge < -0.3 is 5.11 Å². The molecule has 1 fully saturated rings. The molecular formula is C16H19NO2S. The first-order valence-electron chi connectivity index (χ1n) is 7.18. The molecule has 0 amide bonds. The lowest BCUT2D eigenvalue weighted by Crippen LogP contribution is -2.16. The van der Waals surface area contributed by atoms with Crippen LogP contribution in [0.2, 0.25) is 0 Å². The van der Waals surface area contributed by atoms with Gasteiger partial charge >= 0.3 is 5.97 Å². The summed E-state index contributed by atoms with van der Waals surface area (Å²) in [5.41, 5.74) is 2.20. The van der Waals surface area contributed by atoms with Gasteiger partial charge in [-0.1, -0.05) is 19.4 Å². The Kier molecular flexibility index (Phi) is 3.50. The molecule has 2 aromatic rings. The van der Waals surface area contributed by atoms with Gasteiger partial charge in [0.1, 0.15) is 0 Å². The van der Waals surface area contributed by atoms with Gasteiger partial charge in [-0.2, -0.15) is 0 Å². The van der Waals surface area contributed by atoms with E-state index in [1.165, 1.54) is 5.56 Å². The number of rotatable bonds is 3. The molecule has 3 atom stereocenters. The van der Waals surface area contributed by atoms with Crippen molar-refractivity contribution < 1.29 is 9.90 Å². The Hall–Kier alpha value is -1.42. The Morgan fingerprint density at radius 2 is 2.25 bits per heavy atom. The van der Waals surface area contributed by atoms with Crippen LogP contribution in [-0.2, 0) is 4.79 Å². The summed E-state index contributed by atoms with van der Waals surface area (Å²) in [5.74, 6) is -0.312. The second kappa shape index (κ2) is 5.17. The number of hydrogen-bond donors (Lipinski definition) is 1. The largest absolute Gasteiger partial charge is 0.481 e. The number of carboxylic acid groups (broad SMARTS) is 1. The van der Waals surface area contributed by atoms with E-state index in [-0.39, 0.29) is 11.8 Å². The minimum absolute atomic E-state index is 0.0927. The molecular weight excluding hydrogens is 270 g/mol. The molecule has 1 N–H and O–H groups in total. The highest BCUT2D eigenvalue weighted by atomic mass is 32.1. The number of aryl methyl sites for hydroxylation is 1. The van der Waals surface area contributed by atoms with Gasteiger partial charge in [-0.25, -0.2) is 4.98 Å². The topological polar surface area (TPSA) is 50.2 Å². The van der Waals surface area contributed by atoms with Crippen molar-refractivity contribution in [1.29, 1.82) is 0 Å². The lowest BCUT2D eigenvalue weighted by Gasteiger charge is -2.11. The van der Waals surface area contributed by atoms with Crippen LogP contribution in [0.4, 0.5) is 0 Å². The maximum Gasteiger partial charge on any atom is 0.307 e. The van der Waals surface area contributed by atoms with Crippen LogP contribution in [0.1, 0.15) is 42.7 Å². The maximum atomic E-state index is 11.5. The molecule has 0 spiro atoms. The van der Waals surface area contributed by atoms with E-state index in [0.29, 0.717) is 5.92 Å². The highest BCUT2D eigenvalue weighted by molar-refractivity contribution is 7.18. The predicted octanol–water partition coefficient (Wildman–Crippen LogP) is 4.21. The van der Waals surface area contributed by atoms with E-state index in [1.54, 1.807) is 11.3 Å². The van der Waals surface area contributed by atoms with Gasteiger partial charge in [-0.3, -0.25) is 4.79 Å². The summed E-state index contributed by atoms with van der Waals surface area (Å²) >= 11 is 1.66. The summed E-state index contributed by atoms with van der Waals surface area (Å²) in [6, 6.07) is 6.26. The number of hydrogen-bond acceptors (Lipinski definition) is 3. The molecule has 4 heteroatoms. The van der Waals surface area contributed by atoms with E-state index in [0.717, 1.165) is 34.5 Å². The summed E-state index contributed by atoms with van der Waals surface area (Å²) < 4.78 is 1.16. The number of nitrogens with zero attached hydrogens (tertiary/aromatic N) is 1. The Morgan fingerprint density at radius 1 is 1.45 bits per heavy atom. The fourth-order valence-electron chi connectivity index (χ4n) is 3.24. The first-order valence-corrected chi connectivity index (χ1v) is 8.00. The molecule has 0 saturated heterocycles. The van der Waals surface area contributed by atoms with Crippen molar-refractivity contribution in [3.05, 3.63) is 28.8 Å². The van der Waals surface area contributed by atoms with Gasteiger partial charge in [0.05, 0.1) is 21.1 Å². The van der Waals surface area contributed by atoms with Crippen LogP contribution in [0.5, 0.6) is 0 Å². The Morgan fingerprint density at radius 3 is 2.95 bits per heavy atom. The van der Waals surface area contributed by atoms with Gasteiger partial charge in [0, 0.05) is 5.92 Å². The fraction of sp³-hybridized carbons (Fsp3) is 0.500. The van der Waals surface area contributed by atoms with E-state index in [4.69, 9.17) is 4.98 Å². The van der Waals surface area contributed by atoms with Crippen molar-refractivity contribution in [3.8, 4) is 0 Å². The third-order valence-electron chi connectivity index (χ3n) is 4.43. The summed E-state index contributed by atoms with van der Waals surface area (Å²) in [7, 11) is 0. The highest BCUT2D eigenvalue weighted by Crippen LogP contribution is 2.46. The van der Waals surface area contributed by atoms with Gasteiger partial charge in [0.15, 0.2) is 0 Å². The zero-order chi connectivity index (χ0) is 14.3. The number of carboxylic acids is 1. The maximum absolute atomic E-state index is 11.5. The molecule has 1 aliphatic carbocycles. The fourth-order valence-corrected chi connectivity index (χ4v) is 4.36. The molecule has 1 heterocycles. The Bertz CT molecular complexity index is 649. The van der Waals surface area contributed by atoms with Crippen LogP contribution in [0.15, 0.2) is 18.2 Å². The van der Waals surface area contributed by atoms with Gasteiger partial charge in [0.2, 0.25) is 0 Å². The molecule has 0 bridgehead atoms. The number of fused-ring (bicyclic) bond motifs is 1. The smallest absolute Gasteiger partial charge is 0.307 e. The molecule has 1 aromatic heterocycles. The molecule has 1 aliphatic rings. The molecule has 106 valence electrons. The Balaban J connectivity index is 1.98. The standard InChI is InChI=1S/C16H19NO2S/c1-3-10-7-11(12(8-10)16(18)19)15-17-13-6-9(2)4-5-14(13)20-15/h4-6,10-12H,3,7-8H2,1-2H3,(H,18,19). The third kappa shape index (κ3) is 2.33. The molecule has 1 aromatic carbocycles. The predicted molar refractivity (Wildman–Crippen MR) is 81.2 cm³/mol. The summed E-state index contributed by atoms with van der Waals surface area (Å²) in [4.78, 5) is 16.2. The molecule has 0 aliphatic heterocycles. The molecule has 0 radical (unpaired) electrons. The van der Waals surface area contributed by atoms with Gasteiger partial charge in [-0.05, 0) is 43.4 Å². The van der Waals surface area contributed by atoms with Crippen molar-refractivity contribution >= 4 is 27.5 Å². The normalized spacial score (nSPS) is 26.2. The van der Waals surface area contributed by atoms with Crippen LogP contribution in [0.3, 0.4) is 0 Å². The van der Waals surface area contributed by atoms with Crippen LogP contribution in [0, 0.1) is 18.8 Å². The Labute approximate surface area is 122 Å². The summed E-state index contributed by atoms with van der Waals surface area (Å²) in [6.07, 6.45) is 2.82. The molecule has 20 heavy (non-hydrogen) atoms. The average Bonchev–Trinajstić information content (AvgIpc) is 3.00. The minimum atomic E-state index is -0.665. The zero-order valence-electron chi connectivity index (χ0n) is 11.8. The first-order chi connectivity index (χ1) is 9.58. The first kappa shape index (κ1) is 13.6. The number of thiazole rings is 1. The van der Waals surface area contributed by atoms with E-state index in [2.05, 4.69) is 32.0 Å². The van der Waals surface area contributed by atoms with Crippen LogP contribution in [-0.4, -0.2) is 16.1 Å². The van der Waals surface area contributed by atoms with Crippen molar-refractivity contribution in [2.45, 2.75) is 39.0 Å². The third-order valence-corrected chi connectivity index (χ3v) is 5.60. The lowest BCUT2D eigenvalue weighted by atomic mass is 9.97. The van der Waals surface area contributed by atoms with Crippen molar-refractivity contribution in [1.82, 2.24) is 4.98 Å².